The van der Waals surface area contributed by atoms with Crippen LogP contribution in [0.25, 0.3) is 0 Å². The van der Waals surface area contributed by atoms with E-state index in [9.17, 15) is 14.4 Å². The van der Waals surface area contributed by atoms with Crippen LogP contribution in [0.2, 0.25) is 0 Å². The largest absolute Gasteiger partial charge is 0.462 e. The minimum Gasteiger partial charge on any atom is -0.462 e. The van der Waals surface area contributed by atoms with E-state index in [2.05, 4.69) is 20.8 Å². The number of esters is 3. The molecule has 0 fully saturated rings. The van der Waals surface area contributed by atoms with Crippen molar-refractivity contribution in [3.63, 3.8) is 0 Å². The van der Waals surface area contributed by atoms with Gasteiger partial charge < -0.3 is 14.2 Å². The molecule has 0 amide bonds. The molecule has 0 spiro atoms. The summed E-state index contributed by atoms with van der Waals surface area (Å²) in [5.74, 6) is -0.861. The van der Waals surface area contributed by atoms with Gasteiger partial charge in [-0.2, -0.15) is 0 Å². The van der Waals surface area contributed by atoms with Gasteiger partial charge in [-0.25, -0.2) is 0 Å². The van der Waals surface area contributed by atoms with Crippen LogP contribution in [0, 0.1) is 0 Å². The second-order valence-electron chi connectivity index (χ2n) is 17.1. The summed E-state index contributed by atoms with van der Waals surface area (Å²) >= 11 is 0. The third-order valence-corrected chi connectivity index (χ3v) is 11.4. The van der Waals surface area contributed by atoms with E-state index >= 15 is 0 Å². The highest BCUT2D eigenvalue weighted by molar-refractivity contribution is 5.71. The lowest BCUT2D eigenvalue weighted by atomic mass is 10.0. The number of rotatable bonds is 46. The van der Waals surface area contributed by atoms with E-state index in [4.69, 9.17) is 14.2 Å². The van der Waals surface area contributed by atoms with Gasteiger partial charge in [0.15, 0.2) is 6.10 Å². The molecule has 332 valence electrons. The molecule has 0 aromatic rings. The van der Waals surface area contributed by atoms with Gasteiger partial charge in [-0.3, -0.25) is 14.4 Å². The number of carbonyl (C=O) groups is 3. The third-order valence-electron chi connectivity index (χ3n) is 11.4. The summed E-state index contributed by atoms with van der Waals surface area (Å²) in [6.07, 6.45) is 48.4. The minimum absolute atomic E-state index is 0.0638. The van der Waals surface area contributed by atoms with E-state index in [1.54, 1.807) is 0 Å². The predicted octanol–water partition coefficient (Wildman–Crippen LogP) is 16.0. The van der Waals surface area contributed by atoms with Crippen molar-refractivity contribution in [2.75, 3.05) is 13.2 Å². The van der Waals surface area contributed by atoms with Crippen molar-refractivity contribution in [2.24, 2.45) is 0 Å². The first-order valence-corrected chi connectivity index (χ1v) is 25.0. The molecule has 6 nitrogen and oxygen atoms in total. The second-order valence-corrected chi connectivity index (χ2v) is 17.1. The van der Waals surface area contributed by atoms with Gasteiger partial charge in [0, 0.05) is 19.3 Å². The quantitative estimate of drug-likeness (QED) is 0.0347. The van der Waals surface area contributed by atoms with Gasteiger partial charge in [0.25, 0.3) is 0 Å². The van der Waals surface area contributed by atoms with E-state index in [0.29, 0.717) is 19.3 Å². The topological polar surface area (TPSA) is 78.9 Å². The molecule has 0 N–H and O–H groups in total. The van der Waals surface area contributed by atoms with Gasteiger partial charge in [0.1, 0.15) is 13.2 Å². The molecule has 6 heteroatoms. The molecule has 1 atom stereocenters. The molecule has 0 saturated carbocycles. The van der Waals surface area contributed by atoms with Gasteiger partial charge >= 0.3 is 17.9 Å². The number of carbonyl (C=O) groups excluding carboxylic acids is 3. The lowest BCUT2D eigenvalue weighted by Gasteiger charge is -2.18. The van der Waals surface area contributed by atoms with Crippen LogP contribution < -0.4 is 0 Å². The zero-order chi connectivity index (χ0) is 40.8. The summed E-state index contributed by atoms with van der Waals surface area (Å²) in [6, 6.07) is 0. The Hall–Kier alpha value is -1.59. The molecule has 0 aromatic carbocycles. The average molecular weight is 793 g/mol. The lowest BCUT2D eigenvalue weighted by molar-refractivity contribution is -0.167. The molecular formula is C50H96O6. The first-order chi connectivity index (χ1) is 27.5. The summed E-state index contributed by atoms with van der Waals surface area (Å²) in [5, 5.41) is 0. The number of ether oxygens (including phenoxy) is 3. The summed E-state index contributed by atoms with van der Waals surface area (Å²) in [4.78, 5) is 37.6. The van der Waals surface area contributed by atoms with Crippen molar-refractivity contribution in [1.29, 1.82) is 0 Å². The van der Waals surface area contributed by atoms with Gasteiger partial charge in [0.05, 0.1) is 0 Å². The normalized spacial score (nSPS) is 11.8. The summed E-state index contributed by atoms with van der Waals surface area (Å²) in [6.45, 7) is 6.59. The summed E-state index contributed by atoms with van der Waals surface area (Å²) in [5.41, 5.74) is 0. The van der Waals surface area contributed by atoms with Crippen LogP contribution in [0.15, 0.2) is 0 Å². The number of hydrogen-bond acceptors (Lipinski definition) is 6. The Bertz CT molecular complexity index is 828. The van der Waals surface area contributed by atoms with Crippen LogP contribution in [-0.2, 0) is 28.6 Å². The molecule has 56 heavy (non-hydrogen) atoms. The first kappa shape index (κ1) is 54.4. The molecule has 0 aliphatic heterocycles. The van der Waals surface area contributed by atoms with Crippen molar-refractivity contribution in [2.45, 2.75) is 290 Å². The fourth-order valence-electron chi connectivity index (χ4n) is 7.56. The van der Waals surface area contributed by atoms with Crippen LogP contribution in [-0.4, -0.2) is 37.2 Å². The maximum absolute atomic E-state index is 12.6. The van der Waals surface area contributed by atoms with Crippen LogP contribution in [0.3, 0.4) is 0 Å². The van der Waals surface area contributed by atoms with Crippen LogP contribution in [0.1, 0.15) is 284 Å². The Balaban J connectivity index is 4.05. The summed E-state index contributed by atoms with van der Waals surface area (Å²) in [7, 11) is 0. The smallest absolute Gasteiger partial charge is 0.306 e. The Morgan fingerprint density at radius 3 is 0.714 bits per heavy atom. The molecule has 0 bridgehead atoms. The van der Waals surface area contributed by atoms with E-state index in [1.165, 1.54) is 180 Å². The van der Waals surface area contributed by atoms with Gasteiger partial charge in [-0.05, 0) is 19.3 Å². The van der Waals surface area contributed by atoms with Crippen LogP contribution in [0.4, 0.5) is 0 Å². The fraction of sp³-hybridized carbons (Fsp3) is 0.940. The Kier molecular flexibility index (Phi) is 44.8. The van der Waals surface area contributed by atoms with Crippen LogP contribution in [0.5, 0.6) is 0 Å². The van der Waals surface area contributed by atoms with Crippen molar-refractivity contribution < 1.29 is 28.6 Å². The average Bonchev–Trinajstić information content (AvgIpc) is 3.19. The number of hydrogen-bond donors (Lipinski definition) is 0. The van der Waals surface area contributed by atoms with E-state index in [-0.39, 0.29) is 31.1 Å². The highest BCUT2D eigenvalue weighted by Crippen LogP contribution is 2.17. The Morgan fingerprint density at radius 1 is 0.286 bits per heavy atom. The highest BCUT2D eigenvalue weighted by atomic mass is 16.6. The third kappa shape index (κ3) is 43.5. The summed E-state index contributed by atoms with van der Waals surface area (Å²) < 4.78 is 16.7. The predicted molar refractivity (Wildman–Crippen MR) is 238 cm³/mol. The molecule has 0 aliphatic carbocycles. The van der Waals surface area contributed by atoms with E-state index in [1.807, 2.05) is 0 Å². The molecule has 0 heterocycles. The van der Waals surface area contributed by atoms with Crippen molar-refractivity contribution in [1.82, 2.24) is 0 Å². The van der Waals surface area contributed by atoms with Gasteiger partial charge in [-0.1, -0.05) is 245 Å². The van der Waals surface area contributed by atoms with Crippen molar-refractivity contribution in [3.05, 3.63) is 0 Å². The molecule has 0 rings (SSSR count). The maximum atomic E-state index is 12.6. The fourth-order valence-corrected chi connectivity index (χ4v) is 7.56. The molecule has 0 unspecified atom stereocenters. The maximum Gasteiger partial charge on any atom is 0.306 e. The molecule has 0 saturated heterocycles. The minimum atomic E-state index is -0.757. The molecule has 0 radical (unpaired) electrons. The number of unbranched alkanes of at least 4 members (excludes halogenated alkanes) is 35. The SMILES string of the molecule is CCCCCCCCCCCCCCCCCCCCCC(=O)OC[C@H](COC(=O)CCCCCCCCCCCCCCCC)OC(=O)CCCCCCC. The Labute approximate surface area is 348 Å². The second kappa shape index (κ2) is 46.1. The zero-order valence-corrected chi connectivity index (χ0v) is 37.9. The monoisotopic (exact) mass is 793 g/mol. The zero-order valence-electron chi connectivity index (χ0n) is 37.9. The Morgan fingerprint density at radius 2 is 0.482 bits per heavy atom. The van der Waals surface area contributed by atoms with Crippen molar-refractivity contribution in [3.8, 4) is 0 Å². The van der Waals surface area contributed by atoms with Crippen LogP contribution >= 0.6 is 0 Å². The lowest BCUT2D eigenvalue weighted by Crippen LogP contribution is -2.30. The standard InChI is InChI=1S/C50H96O6/c1-4-7-10-13-15-17-19-21-23-24-25-26-27-29-31-33-35-38-40-43-49(52)55-46-47(56-50(53)44-41-36-12-9-6-3)45-54-48(51)42-39-37-34-32-30-28-22-20-18-16-14-11-8-5-2/h47H,4-46H2,1-3H3/t47-/m0/s1. The highest BCUT2D eigenvalue weighted by Gasteiger charge is 2.19. The van der Waals surface area contributed by atoms with Crippen molar-refractivity contribution >= 4 is 17.9 Å². The molecule has 0 aromatic heterocycles. The first-order valence-electron chi connectivity index (χ1n) is 25.0. The van der Waals surface area contributed by atoms with Gasteiger partial charge in [0.2, 0.25) is 0 Å². The van der Waals surface area contributed by atoms with E-state index < -0.39 is 6.10 Å². The van der Waals surface area contributed by atoms with Gasteiger partial charge in [-0.15, -0.1) is 0 Å². The molecular weight excluding hydrogens is 697 g/mol. The van der Waals surface area contributed by atoms with E-state index in [0.717, 1.165) is 64.2 Å². The molecule has 0 aliphatic rings.